The molecule has 1 aliphatic rings. The van der Waals surface area contributed by atoms with Gasteiger partial charge in [-0.15, -0.1) is 5.10 Å². The van der Waals surface area contributed by atoms with Gasteiger partial charge in [0.15, 0.2) is 0 Å². The van der Waals surface area contributed by atoms with Crippen LogP contribution in [0.1, 0.15) is 52.5 Å². The van der Waals surface area contributed by atoms with E-state index in [1.54, 1.807) is 4.68 Å². The summed E-state index contributed by atoms with van der Waals surface area (Å²) >= 11 is 0. The molecule has 26 heavy (non-hydrogen) atoms. The van der Waals surface area contributed by atoms with E-state index in [0.717, 1.165) is 0 Å². The van der Waals surface area contributed by atoms with Crippen molar-refractivity contribution in [3.8, 4) is 5.88 Å². The van der Waals surface area contributed by atoms with E-state index in [9.17, 15) is 21.6 Å². The largest absolute Gasteiger partial charge is 0.534 e. The Morgan fingerprint density at radius 1 is 1.38 bits per heavy atom. The molecule has 0 bridgehead atoms. The Hall–Kier alpha value is -1.78. The van der Waals surface area contributed by atoms with Crippen molar-refractivity contribution in [1.82, 2.24) is 15.0 Å². The summed E-state index contributed by atoms with van der Waals surface area (Å²) in [7, 11) is -5.62. The van der Waals surface area contributed by atoms with Crippen molar-refractivity contribution in [1.29, 1.82) is 0 Å². The SMILES string of the molecule is CCC1(COc2cnnn2C(C)C)CC=C(OS(=O)(=O)C(F)(F)F)CC1. The minimum atomic E-state index is -5.62. The Kier molecular flexibility index (Phi) is 5.89. The van der Waals surface area contributed by atoms with Crippen LogP contribution >= 0.6 is 0 Å². The molecular formula is C15H22F3N3O4S. The van der Waals surface area contributed by atoms with Gasteiger partial charge in [0.2, 0.25) is 5.88 Å². The molecule has 1 unspecified atom stereocenters. The molecule has 1 aromatic heterocycles. The molecule has 148 valence electrons. The quantitative estimate of drug-likeness (QED) is 0.517. The predicted octanol–water partition coefficient (Wildman–Crippen LogP) is 3.57. The molecule has 0 saturated heterocycles. The Morgan fingerprint density at radius 3 is 2.58 bits per heavy atom. The molecule has 1 atom stereocenters. The van der Waals surface area contributed by atoms with Crippen LogP contribution in [0.4, 0.5) is 13.2 Å². The van der Waals surface area contributed by atoms with E-state index in [0.29, 0.717) is 31.7 Å². The van der Waals surface area contributed by atoms with E-state index in [2.05, 4.69) is 14.5 Å². The average molecular weight is 397 g/mol. The first-order valence-electron chi connectivity index (χ1n) is 8.22. The second-order valence-electron chi connectivity index (χ2n) is 6.61. The molecule has 0 spiro atoms. The fourth-order valence-corrected chi connectivity index (χ4v) is 3.19. The predicted molar refractivity (Wildman–Crippen MR) is 86.6 cm³/mol. The topological polar surface area (TPSA) is 83.3 Å². The molecule has 2 rings (SSSR count). The summed E-state index contributed by atoms with van der Waals surface area (Å²) in [4.78, 5) is 0. The molecule has 1 aromatic rings. The van der Waals surface area contributed by atoms with Gasteiger partial charge in [-0.3, -0.25) is 0 Å². The second kappa shape index (κ2) is 7.45. The van der Waals surface area contributed by atoms with E-state index >= 15 is 0 Å². The number of halogens is 3. The summed E-state index contributed by atoms with van der Waals surface area (Å²) in [6.45, 7) is 6.14. The monoisotopic (exact) mass is 397 g/mol. The van der Waals surface area contributed by atoms with Crippen molar-refractivity contribution in [3.05, 3.63) is 18.0 Å². The lowest BCUT2D eigenvalue weighted by Gasteiger charge is -2.35. The van der Waals surface area contributed by atoms with E-state index in [1.807, 2.05) is 20.8 Å². The minimum Gasteiger partial charge on any atom is -0.476 e. The Morgan fingerprint density at radius 2 is 2.08 bits per heavy atom. The van der Waals surface area contributed by atoms with E-state index < -0.39 is 15.6 Å². The third kappa shape index (κ3) is 4.49. The molecule has 0 fully saturated rings. The fraction of sp³-hybridized carbons (Fsp3) is 0.733. The van der Waals surface area contributed by atoms with Gasteiger partial charge in [0.25, 0.3) is 0 Å². The van der Waals surface area contributed by atoms with Crippen LogP contribution in [0.3, 0.4) is 0 Å². The highest BCUT2D eigenvalue weighted by molar-refractivity contribution is 7.87. The zero-order chi connectivity index (χ0) is 19.6. The lowest BCUT2D eigenvalue weighted by atomic mass is 9.75. The van der Waals surface area contributed by atoms with Crippen LogP contribution in [0.5, 0.6) is 5.88 Å². The van der Waals surface area contributed by atoms with Gasteiger partial charge in [-0.2, -0.15) is 21.6 Å². The molecule has 7 nitrogen and oxygen atoms in total. The number of nitrogens with zero attached hydrogens (tertiary/aromatic N) is 3. The third-order valence-electron chi connectivity index (χ3n) is 4.47. The van der Waals surface area contributed by atoms with Crippen LogP contribution in [-0.2, 0) is 14.3 Å². The highest BCUT2D eigenvalue weighted by atomic mass is 32.2. The number of alkyl halides is 3. The van der Waals surface area contributed by atoms with Crippen molar-refractivity contribution in [2.75, 3.05) is 6.61 Å². The van der Waals surface area contributed by atoms with E-state index in [1.165, 1.54) is 12.3 Å². The molecule has 1 aliphatic carbocycles. The van der Waals surface area contributed by atoms with Crippen LogP contribution in [0, 0.1) is 5.41 Å². The van der Waals surface area contributed by atoms with Gasteiger partial charge in [0, 0.05) is 11.8 Å². The van der Waals surface area contributed by atoms with Crippen LogP contribution in [0.15, 0.2) is 18.0 Å². The summed E-state index contributed by atoms with van der Waals surface area (Å²) in [6.07, 6.45) is 4.52. The van der Waals surface area contributed by atoms with Crippen LogP contribution < -0.4 is 4.74 Å². The van der Waals surface area contributed by atoms with Gasteiger partial charge in [-0.25, -0.2) is 4.68 Å². The lowest BCUT2D eigenvalue weighted by Crippen LogP contribution is -2.32. The first-order valence-corrected chi connectivity index (χ1v) is 9.63. The average Bonchev–Trinajstić information content (AvgIpc) is 3.02. The maximum atomic E-state index is 12.4. The third-order valence-corrected chi connectivity index (χ3v) is 5.47. The summed E-state index contributed by atoms with van der Waals surface area (Å²) in [5.41, 5.74) is -5.75. The van der Waals surface area contributed by atoms with Crippen molar-refractivity contribution in [2.24, 2.45) is 5.41 Å². The molecule has 0 aromatic carbocycles. The molecular weight excluding hydrogens is 375 g/mol. The van der Waals surface area contributed by atoms with Gasteiger partial charge in [0.1, 0.15) is 12.0 Å². The molecule has 0 amide bonds. The van der Waals surface area contributed by atoms with Crippen molar-refractivity contribution in [3.63, 3.8) is 0 Å². The van der Waals surface area contributed by atoms with Crippen LogP contribution in [0.25, 0.3) is 0 Å². The normalized spacial score (nSPS) is 21.6. The summed E-state index contributed by atoms with van der Waals surface area (Å²) in [6, 6.07) is 0.0731. The molecule has 0 radical (unpaired) electrons. The maximum absolute atomic E-state index is 12.4. The second-order valence-corrected chi connectivity index (χ2v) is 8.15. The number of rotatable bonds is 7. The minimum absolute atomic E-state index is 0.0731. The molecule has 1 heterocycles. The highest BCUT2D eigenvalue weighted by Gasteiger charge is 2.49. The fourth-order valence-electron chi connectivity index (χ4n) is 2.66. The van der Waals surface area contributed by atoms with Gasteiger partial charge in [-0.1, -0.05) is 12.1 Å². The number of ether oxygens (including phenoxy) is 1. The first kappa shape index (κ1) is 20.5. The summed E-state index contributed by atoms with van der Waals surface area (Å²) in [5.74, 6) is 0.332. The Labute approximate surface area is 150 Å². The maximum Gasteiger partial charge on any atom is 0.534 e. The molecule has 0 aliphatic heterocycles. The van der Waals surface area contributed by atoms with Crippen molar-refractivity contribution < 1.29 is 30.5 Å². The van der Waals surface area contributed by atoms with Crippen molar-refractivity contribution in [2.45, 2.75) is 58.0 Å². The molecule has 11 heteroatoms. The van der Waals surface area contributed by atoms with Crippen LogP contribution in [0.2, 0.25) is 0 Å². The van der Waals surface area contributed by atoms with Crippen LogP contribution in [-0.4, -0.2) is 35.5 Å². The number of hydrogen-bond donors (Lipinski definition) is 0. The van der Waals surface area contributed by atoms with Gasteiger partial charge in [-0.05, 0) is 39.2 Å². The lowest BCUT2D eigenvalue weighted by molar-refractivity contribution is -0.0526. The number of hydrogen-bond acceptors (Lipinski definition) is 6. The van der Waals surface area contributed by atoms with Gasteiger partial charge >= 0.3 is 15.6 Å². The Bertz CT molecular complexity index is 758. The zero-order valence-corrected chi connectivity index (χ0v) is 15.6. The number of allylic oxidation sites excluding steroid dienone is 2. The smallest absolute Gasteiger partial charge is 0.476 e. The zero-order valence-electron chi connectivity index (χ0n) is 14.8. The molecule has 0 N–H and O–H groups in total. The number of aromatic nitrogens is 3. The first-order chi connectivity index (χ1) is 12.0. The Balaban J connectivity index is 2.04. The summed E-state index contributed by atoms with van der Waals surface area (Å²) < 4.78 is 71.1. The van der Waals surface area contributed by atoms with E-state index in [-0.39, 0.29) is 23.6 Å². The van der Waals surface area contributed by atoms with Crippen molar-refractivity contribution >= 4 is 10.1 Å². The standard InChI is InChI=1S/C15H22F3N3O4S/c1-4-14(10-24-13-9-19-20-21(13)11(2)3)7-5-12(6-8-14)25-26(22,23)15(16,17)18/h5,9,11H,4,6-8,10H2,1-3H3. The van der Waals surface area contributed by atoms with Gasteiger partial charge < -0.3 is 8.92 Å². The molecule has 0 saturated carbocycles. The van der Waals surface area contributed by atoms with Gasteiger partial charge in [0.05, 0.1) is 12.6 Å². The highest BCUT2D eigenvalue weighted by Crippen LogP contribution is 2.40. The summed E-state index contributed by atoms with van der Waals surface area (Å²) in [5, 5.41) is 7.75. The van der Waals surface area contributed by atoms with E-state index in [4.69, 9.17) is 4.74 Å².